The Labute approximate surface area is 148 Å². The fraction of sp³-hybridized carbons (Fsp3) is 0.929. The van der Waals surface area contributed by atoms with Gasteiger partial charge >= 0.3 is 0 Å². The number of aliphatic hydroxyl groups excluding tert-OH is 5. The van der Waals surface area contributed by atoms with E-state index < -0.39 is 80.5 Å². The zero-order valence-corrected chi connectivity index (χ0v) is 14.0. The maximum Gasteiger partial charge on any atom is 0.217 e. The number of amides is 1. The lowest BCUT2D eigenvalue weighted by Gasteiger charge is -2.46. The van der Waals surface area contributed by atoms with E-state index in [1.165, 1.54) is 0 Å². The molecule has 2 aliphatic rings. The monoisotopic (exact) mass is 384 g/mol. The van der Waals surface area contributed by atoms with Crippen molar-refractivity contribution in [2.75, 3.05) is 13.3 Å². The highest BCUT2D eigenvalue weighted by atomic mass is 19.1. The summed E-state index contributed by atoms with van der Waals surface area (Å²) in [6.07, 6.45) is -11.7. The zero-order valence-electron chi connectivity index (χ0n) is 14.0. The van der Waals surface area contributed by atoms with E-state index >= 15 is 0 Å². The first kappa shape index (κ1) is 21.3. The smallest absolute Gasteiger partial charge is 0.217 e. The van der Waals surface area contributed by atoms with E-state index in [2.05, 4.69) is 5.32 Å². The lowest BCUT2D eigenvalue weighted by molar-refractivity contribution is -0.324. The third kappa shape index (κ3) is 4.30. The minimum atomic E-state index is -1.62. The quantitative estimate of drug-likeness (QED) is 0.245. The Morgan fingerprint density at radius 2 is 1.81 bits per heavy atom. The van der Waals surface area contributed by atoms with Crippen molar-refractivity contribution in [1.29, 1.82) is 0 Å². The normalized spacial score (nSPS) is 46.8. The van der Waals surface area contributed by atoms with Gasteiger partial charge in [0, 0.05) is 6.92 Å². The summed E-state index contributed by atoms with van der Waals surface area (Å²) in [6, 6.07) is -2.56. The summed E-state index contributed by atoms with van der Waals surface area (Å²) in [7, 11) is 0. The molecule has 2 saturated heterocycles. The number of carbonyl (C=O) groups is 1. The number of nitrogens with two attached hydrogens (primary N) is 1. The molecule has 2 aliphatic heterocycles. The van der Waals surface area contributed by atoms with E-state index in [4.69, 9.17) is 19.9 Å². The van der Waals surface area contributed by atoms with Gasteiger partial charge < -0.3 is 50.8 Å². The lowest BCUT2D eigenvalue weighted by atomic mass is 9.95. The summed E-state index contributed by atoms with van der Waals surface area (Å²) in [5.74, 6) is -0.580. The highest BCUT2D eigenvalue weighted by Crippen LogP contribution is 2.28. The van der Waals surface area contributed by atoms with E-state index in [1.807, 2.05) is 0 Å². The number of nitrogens with one attached hydrogen (secondary N) is 1. The number of halogens is 1. The van der Waals surface area contributed by atoms with Crippen LogP contribution in [-0.2, 0) is 19.0 Å². The fourth-order valence-corrected chi connectivity index (χ4v) is 2.99. The molecule has 0 spiro atoms. The Bertz CT molecular complexity index is 485. The van der Waals surface area contributed by atoms with Crippen LogP contribution in [0.2, 0.25) is 0 Å². The van der Waals surface area contributed by atoms with E-state index in [0.717, 1.165) is 6.92 Å². The van der Waals surface area contributed by atoms with Crippen LogP contribution < -0.4 is 11.1 Å². The molecule has 0 unspecified atom stereocenters. The fourth-order valence-electron chi connectivity index (χ4n) is 2.99. The van der Waals surface area contributed by atoms with Crippen molar-refractivity contribution in [3.05, 3.63) is 0 Å². The number of ether oxygens (including phenoxy) is 3. The van der Waals surface area contributed by atoms with Crippen molar-refractivity contribution >= 4 is 5.91 Å². The number of hydrogen-bond donors (Lipinski definition) is 7. The van der Waals surface area contributed by atoms with Crippen LogP contribution in [0.25, 0.3) is 0 Å². The molecule has 0 aromatic heterocycles. The van der Waals surface area contributed by atoms with Gasteiger partial charge in [0.1, 0.15) is 49.3 Å². The molecular formula is C14H25FN2O9. The molecular weight excluding hydrogens is 359 g/mol. The van der Waals surface area contributed by atoms with Gasteiger partial charge in [-0.25, -0.2) is 4.39 Å². The largest absolute Gasteiger partial charge is 0.394 e. The van der Waals surface area contributed by atoms with Crippen molar-refractivity contribution in [2.24, 2.45) is 5.73 Å². The van der Waals surface area contributed by atoms with Gasteiger partial charge in [-0.2, -0.15) is 0 Å². The van der Waals surface area contributed by atoms with Crippen molar-refractivity contribution in [1.82, 2.24) is 5.32 Å². The van der Waals surface area contributed by atoms with E-state index in [0.29, 0.717) is 0 Å². The van der Waals surface area contributed by atoms with Crippen molar-refractivity contribution in [3.63, 3.8) is 0 Å². The van der Waals surface area contributed by atoms with Crippen LogP contribution in [-0.4, -0.2) is 106 Å². The molecule has 1 amide bonds. The molecule has 2 heterocycles. The Morgan fingerprint density at radius 3 is 2.35 bits per heavy atom. The molecule has 0 radical (unpaired) electrons. The summed E-state index contributed by atoms with van der Waals surface area (Å²) in [4.78, 5) is 11.4. The molecule has 26 heavy (non-hydrogen) atoms. The second-order valence-electron chi connectivity index (χ2n) is 6.32. The maximum atomic E-state index is 13.1. The predicted octanol–water partition coefficient (Wildman–Crippen LogP) is -4.31. The number of aliphatic hydroxyl groups is 5. The summed E-state index contributed by atoms with van der Waals surface area (Å²) < 4.78 is 28.9. The van der Waals surface area contributed by atoms with Crippen molar-refractivity contribution < 1.29 is 48.9 Å². The van der Waals surface area contributed by atoms with E-state index in [-0.39, 0.29) is 0 Å². The van der Waals surface area contributed by atoms with Crippen LogP contribution in [0.3, 0.4) is 0 Å². The number of alkyl halides is 1. The molecule has 0 saturated carbocycles. The van der Waals surface area contributed by atoms with E-state index in [1.54, 1.807) is 0 Å². The summed E-state index contributed by atoms with van der Waals surface area (Å²) >= 11 is 0. The molecule has 0 aromatic carbocycles. The minimum absolute atomic E-state index is 0.580. The molecule has 0 aromatic rings. The van der Waals surface area contributed by atoms with Gasteiger partial charge in [-0.3, -0.25) is 4.79 Å². The number of hydrogen-bond acceptors (Lipinski definition) is 10. The third-order valence-corrected chi connectivity index (χ3v) is 4.43. The molecule has 2 rings (SSSR count). The maximum absolute atomic E-state index is 13.1. The number of carbonyl (C=O) groups excluding carboxylic acids is 1. The lowest BCUT2D eigenvalue weighted by Crippen LogP contribution is -2.68. The van der Waals surface area contributed by atoms with Crippen molar-refractivity contribution in [2.45, 2.75) is 68.2 Å². The van der Waals surface area contributed by atoms with E-state index in [9.17, 15) is 34.7 Å². The molecule has 12 heteroatoms. The topological polar surface area (TPSA) is 184 Å². The molecule has 0 aliphatic carbocycles. The first-order valence-corrected chi connectivity index (χ1v) is 8.09. The summed E-state index contributed by atoms with van der Waals surface area (Å²) in [5.41, 5.74) is 5.61. The highest BCUT2D eigenvalue weighted by Gasteiger charge is 2.50. The van der Waals surface area contributed by atoms with Crippen LogP contribution in [0.15, 0.2) is 0 Å². The predicted molar refractivity (Wildman–Crippen MR) is 81.1 cm³/mol. The minimum Gasteiger partial charge on any atom is -0.394 e. The average Bonchev–Trinajstić information content (AvgIpc) is 2.60. The molecule has 152 valence electrons. The van der Waals surface area contributed by atoms with Crippen molar-refractivity contribution in [3.8, 4) is 0 Å². The molecule has 8 N–H and O–H groups in total. The zero-order chi connectivity index (χ0) is 19.6. The van der Waals surface area contributed by atoms with Gasteiger partial charge in [0.05, 0.1) is 12.6 Å². The first-order valence-electron chi connectivity index (χ1n) is 8.09. The van der Waals surface area contributed by atoms with Gasteiger partial charge in [0.25, 0.3) is 0 Å². The SMILES string of the molecule is CC(=O)N[C@H]1[C@H](O[C@H]2[C@H](O)[C@@H](N)[C@@H](O)O[C@@H]2CO)O[C@H](CF)[C@@H](O)[C@@H]1O. The Hall–Kier alpha value is -0.960. The number of rotatable bonds is 5. The second-order valence-corrected chi connectivity index (χ2v) is 6.32. The molecule has 10 atom stereocenters. The summed E-state index contributed by atoms with van der Waals surface area (Å²) in [6.45, 7) is -0.643. The molecule has 0 bridgehead atoms. The van der Waals surface area contributed by atoms with Gasteiger partial charge in [0.2, 0.25) is 5.91 Å². The summed E-state index contributed by atoms with van der Waals surface area (Å²) in [5, 5.41) is 51.6. The van der Waals surface area contributed by atoms with Gasteiger partial charge in [-0.1, -0.05) is 0 Å². The van der Waals surface area contributed by atoms with Crippen LogP contribution in [0.1, 0.15) is 6.92 Å². The van der Waals surface area contributed by atoms with Gasteiger partial charge in [-0.15, -0.1) is 0 Å². The second kappa shape index (κ2) is 8.82. The van der Waals surface area contributed by atoms with Crippen LogP contribution in [0.4, 0.5) is 4.39 Å². The highest BCUT2D eigenvalue weighted by molar-refractivity contribution is 5.73. The third-order valence-electron chi connectivity index (χ3n) is 4.43. The Kier molecular flexibility index (Phi) is 7.24. The van der Waals surface area contributed by atoms with Crippen LogP contribution in [0.5, 0.6) is 0 Å². The Balaban J connectivity index is 2.22. The van der Waals surface area contributed by atoms with Gasteiger partial charge in [0.15, 0.2) is 12.6 Å². The first-order chi connectivity index (χ1) is 12.2. The average molecular weight is 384 g/mol. The molecule has 11 nitrogen and oxygen atoms in total. The van der Waals surface area contributed by atoms with Crippen LogP contribution >= 0.6 is 0 Å². The Morgan fingerprint density at radius 1 is 1.15 bits per heavy atom. The van der Waals surface area contributed by atoms with Crippen LogP contribution in [0, 0.1) is 0 Å². The molecule has 2 fully saturated rings. The standard InChI is InChI=1S/C14H25FN2O9/c1-4(19)17-8-11(22)9(20)5(2-15)25-14(8)26-12-6(3-18)24-13(23)7(16)10(12)21/h5-14,18,20-23H,2-3,16H2,1H3,(H,17,19)/t5-,6-,7-,8-,9-,10-,11-,12-,13+,14+/m1/s1. The van der Waals surface area contributed by atoms with Gasteiger partial charge in [-0.05, 0) is 0 Å².